The fourth-order valence-corrected chi connectivity index (χ4v) is 6.13. The molecule has 2 atom stereocenters. The topological polar surface area (TPSA) is 90.9 Å². The highest BCUT2D eigenvalue weighted by Crippen LogP contribution is 2.38. The number of Topliss-reactive ketones (excluding diaryl/α,β-unsaturated/α-hetero) is 1. The van der Waals surface area contributed by atoms with E-state index in [1.165, 1.54) is 18.4 Å². The molecule has 0 aliphatic carbocycles. The molecule has 10 heteroatoms. The minimum Gasteiger partial charge on any atom is -0.491 e. The number of carbonyl (C=O) groups is 2. The molecule has 7 nitrogen and oxygen atoms in total. The predicted octanol–water partition coefficient (Wildman–Crippen LogP) is 5.97. The van der Waals surface area contributed by atoms with Crippen LogP contribution in [0, 0.1) is 0 Å². The Morgan fingerprint density at radius 2 is 1.61 bits per heavy atom. The number of benzene rings is 1. The molecule has 0 saturated carbocycles. The van der Waals surface area contributed by atoms with Gasteiger partial charge in [-0.2, -0.15) is 11.3 Å². The number of esters is 1. The Hall–Kier alpha value is -1.85. The van der Waals surface area contributed by atoms with E-state index in [4.69, 9.17) is 13.9 Å². The zero-order valence-electron chi connectivity index (χ0n) is 24.1. The minimum absolute atomic E-state index is 0.0682. The Kier molecular flexibility index (Phi) is 11.1. The second-order valence-corrected chi connectivity index (χ2v) is 19.4. The number of hydrogen-bond acceptors (Lipinski definition) is 7. The lowest BCUT2D eigenvalue weighted by Gasteiger charge is -2.37. The highest BCUT2D eigenvalue weighted by molar-refractivity contribution is 7.84. The summed E-state index contributed by atoms with van der Waals surface area (Å²) in [6, 6.07) is 9.34. The molecular formula is C28H43NO6S2Si. The maximum absolute atomic E-state index is 13.4. The predicted molar refractivity (Wildman–Crippen MR) is 157 cm³/mol. The molecule has 0 amide bonds. The second-order valence-electron chi connectivity index (χ2n) is 11.9. The molecule has 0 aliphatic rings. The van der Waals surface area contributed by atoms with Crippen LogP contribution in [0.5, 0.6) is 5.75 Å². The Bertz CT molecular complexity index is 1090. The van der Waals surface area contributed by atoms with Crippen molar-refractivity contribution in [3.05, 3.63) is 52.2 Å². The van der Waals surface area contributed by atoms with Crippen molar-refractivity contribution in [3.63, 3.8) is 0 Å². The molecule has 212 valence electrons. The van der Waals surface area contributed by atoms with Crippen LogP contribution in [0.4, 0.5) is 0 Å². The van der Waals surface area contributed by atoms with Gasteiger partial charge in [0.05, 0.1) is 35.0 Å². The average molecular weight is 582 g/mol. The molecular weight excluding hydrogens is 539 g/mol. The number of hydrogen-bond donors (Lipinski definition) is 1. The molecule has 2 rings (SSSR count). The van der Waals surface area contributed by atoms with Crippen molar-refractivity contribution in [1.29, 1.82) is 0 Å². The number of rotatable bonds is 13. The summed E-state index contributed by atoms with van der Waals surface area (Å²) >= 11 is 1.48. The van der Waals surface area contributed by atoms with E-state index in [9.17, 15) is 13.8 Å². The van der Waals surface area contributed by atoms with Crippen molar-refractivity contribution in [1.82, 2.24) is 4.72 Å². The number of carbonyl (C=O) groups excluding carboxylic acids is 2. The molecule has 1 N–H and O–H groups in total. The molecule has 0 bridgehead atoms. The highest BCUT2D eigenvalue weighted by atomic mass is 32.2. The van der Waals surface area contributed by atoms with Gasteiger partial charge in [-0.3, -0.25) is 9.59 Å². The Morgan fingerprint density at radius 1 is 0.974 bits per heavy atom. The summed E-state index contributed by atoms with van der Waals surface area (Å²) in [5, 5.41) is 3.97. The standard InChI is InChI=1S/C28H43NO6S2Si/c1-26(2,3)37(32)29-28(22-14-17-36-20-22,19-23(30)18-25(31)33-7)21-10-12-24(13-11-21)34-15-16-35-38(8,9)27(4,5)6/h10-14,17,20,29H,15-16,18-19H2,1-9H3. The molecule has 1 aromatic carbocycles. The molecule has 1 aromatic heterocycles. The first kappa shape index (κ1) is 32.4. The van der Waals surface area contributed by atoms with Crippen molar-refractivity contribution in [3.8, 4) is 5.75 Å². The molecule has 2 aromatic rings. The molecule has 0 radical (unpaired) electrons. The van der Waals surface area contributed by atoms with E-state index in [0.29, 0.717) is 19.0 Å². The molecule has 0 spiro atoms. The quantitative estimate of drug-likeness (QED) is 0.136. The zero-order chi connectivity index (χ0) is 28.8. The summed E-state index contributed by atoms with van der Waals surface area (Å²) in [6.07, 6.45) is -0.428. The fraction of sp³-hybridized carbons (Fsp3) is 0.571. The summed E-state index contributed by atoms with van der Waals surface area (Å²) < 4.78 is 32.9. The number of ether oxygens (including phenoxy) is 2. The van der Waals surface area contributed by atoms with E-state index in [-0.39, 0.29) is 23.7 Å². The van der Waals surface area contributed by atoms with Crippen LogP contribution in [0.25, 0.3) is 0 Å². The van der Waals surface area contributed by atoms with E-state index in [0.717, 1.165) is 11.1 Å². The van der Waals surface area contributed by atoms with Gasteiger partial charge in [0.1, 0.15) is 24.6 Å². The Balaban J connectivity index is 2.34. The maximum Gasteiger partial charge on any atom is 0.313 e. The first-order chi connectivity index (χ1) is 17.5. The Labute approximate surface area is 235 Å². The van der Waals surface area contributed by atoms with E-state index in [1.54, 1.807) is 0 Å². The summed E-state index contributed by atoms with van der Waals surface area (Å²) in [6.45, 7) is 17.6. The van der Waals surface area contributed by atoms with E-state index in [2.05, 4.69) is 38.6 Å². The van der Waals surface area contributed by atoms with Crippen LogP contribution in [0.15, 0.2) is 41.1 Å². The average Bonchev–Trinajstić information content (AvgIpc) is 3.36. The van der Waals surface area contributed by atoms with Crippen molar-refractivity contribution in [2.24, 2.45) is 0 Å². The summed E-state index contributed by atoms with van der Waals surface area (Å²) in [4.78, 5) is 24.9. The third kappa shape index (κ3) is 8.57. The molecule has 1 heterocycles. The minimum atomic E-state index is -1.85. The molecule has 0 fully saturated rings. The van der Waals surface area contributed by atoms with E-state index < -0.39 is 35.6 Å². The first-order valence-electron chi connectivity index (χ1n) is 12.7. The van der Waals surface area contributed by atoms with Crippen molar-refractivity contribution in [2.75, 3.05) is 20.3 Å². The third-order valence-electron chi connectivity index (χ3n) is 6.84. The summed E-state index contributed by atoms with van der Waals surface area (Å²) in [7, 11) is -2.10. The van der Waals surface area contributed by atoms with Crippen LogP contribution in [0.2, 0.25) is 18.1 Å². The van der Waals surface area contributed by atoms with Gasteiger partial charge in [0, 0.05) is 6.42 Å². The molecule has 2 unspecified atom stereocenters. The lowest BCUT2D eigenvalue weighted by molar-refractivity contribution is -0.143. The van der Waals surface area contributed by atoms with Crippen molar-refractivity contribution < 1.29 is 27.7 Å². The zero-order valence-corrected chi connectivity index (χ0v) is 26.8. The molecule has 0 aliphatic heterocycles. The third-order valence-corrected chi connectivity index (χ3v) is 13.7. The van der Waals surface area contributed by atoms with Crippen LogP contribution < -0.4 is 9.46 Å². The first-order valence-corrected chi connectivity index (χ1v) is 17.7. The maximum atomic E-state index is 13.4. The van der Waals surface area contributed by atoms with Gasteiger partial charge < -0.3 is 13.9 Å². The summed E-state index contributed by atoms with van der Waals surface area (Å²) in [5.41, 5.74) is 0.444. The number of ketones is 1. The molecule has 0 saturated heterocycles. The van der Waals surface area contributed by atoms with Gasteiger partial charge in [0.15, 0.2) is 8.32 Å². The fourth-order valence-electron chi connectivity index (χ4n) is 3.44. The lowest BCUT2D eigenvalue weighted by Crippen LogP contribution is -2.50. The smallest absolute Gasteiger partial charge is 0.313 e. The largest absolute Gasteiger partial charge is 0.491 e. The normalized spacial score (nSPS) is 15.0. The SMILES string of the molecule is COC(=O)CC(=O)CC(NS(=O)C(C)(C)C)(c1ccc(OCCO[Si](C)(C)C(C)(C)C)cc1)c1ccsc1. The number of methoxy groups -OCH3 is 1. The van der Waals surface area contributed by atoms with E-state index in [1.807, 2.05) is 61.9 Å². The van der Waals surface area contributed by atoms with Gasteiger partial charge in [-0.25, -0.2) is 8.93 Å². The van der Waals surface area contributed by atoms with Crippen LogP contribution in [0.3, 0.4) is 0 Å². The van der Waals surface area contributed by atoms with Gasteiger partial charge in [0.25, 0.3) is 0 Å². The van der Waals surface area contributed by atoms with Crippen LogP contribution in [-0.4, -0.2) is 49.3 Å². The lowest BCUT2D eigenvalue weighted by atomic mass is 9.80. The van der Waals surface area contributed by atoms with Crippen molar-refractivity contribution >= 4 is 42.4 Å². The van der Waals surface area contributed by atoms with Crippen molar-refractivity contribution in [2.45, 2.75) is 82.8 Å². The van der Waals surface area contributed by atoms with Gasteiger partial charge in [0.2, 0.25) is 0 Å². The van der Waals surface area contributed by atoms with Gasteiger partial charge in [-0.15, -0.1) is 0 Å². The molecule has 38 heavy (non-hydrogen) atoms. The van der Waals surface area contributed by atoms with Crippen LogP contribution in [-0.2, 0) is 35.3 Å². The number of nitrogens with one attached hydrogen (secondary N) is 1. The van der Waals surface area contributed by atoms with Crippen LogP contribution >= 0.6 is 11.3 Å². The van der Waals surface area contributed by atoms with Crippen LogP contribution in [0.1, 0.15) is 65.5 Å². The van der Waals surface area contributed by atoms with Gasteiger partial charge >= 0.3 is 5.97 Å². The van der Waals surface area contributed by atoms with E-state index >= 15 is 0 Å². The number of thiophene rings is 1. The van der Waals surface area contributed by atoms with Gasteiger partial charge in [-0.1, -0.05) is 32.9 Å². The highest BCUT2D eigenvalue weighted by Gasteiger charge is 2.41. The summed E-state index contributed by atoms with van der Waals surface area (Å²) in [5.74, 6) is -0.246. The monoisotopic (exact) mass is 581 g/mol. The second kappa shape index (κ2) is 13.0. The Morgan fingerprint density at radius 3 is 2.11 bits per heavy atom. The van der Waals surface area contributed by atoms with Gasteiger partial charge in [-0.05, 0) is 79.0 Å².